The molecule has 4 aromatic rings. The summed E-state index contributed by atoms with van der Waals surface area (Å²) >= 11 is 0. The predicted molar refractivity (Wildman–Crippen MR) is 205 cm³/mol. The Balaban J connectivity index is 0.859. The van der Waals surface area contributed by atoms with E-state index >= 15 is 0 Å². The maximum absolute atomic E-state index is 13.4. The lowest BCUT2D eigenvalue weighted by molar-refractivity contribution is -0.136. The van der Waals surface area contributed by atoms with Gasteiger partial charge in [-0.25, -0.2) is 4.68 Å². The molecule has 15 nitrogen and oxygen atoms in total. The molecule has 0 aliphatic carbocycles. The van der Waals surface area contributed by atoms with Crippen molar-refractivity contribution in [1.29, 1.82) is 0 Å². The van der Waals surface area contributed by atoms with E-state index in [2.05, 4.69) is 16.0 Å². The van der Waals surface area contributed by atoms with Crippen LogP contribution < -0.4 is 26.4 Å². The summed E-state index contributed by atoms with van der Waals surface area (Å²) in [6.45, 7) is 2.28. The van der Waals surface area contributed by atoms with Crippen molar-refractivity contribution < 1.29 is 33.5 Å². The number of aromatic nitrogens is 2. The van der Waals surface area contributed by atoms with E-state index in [-0.39, 0.29) is 41.8 Å². The monoisotopic (exact) mass is 758 g/mol. The number of carbonyl (C=O) groups excluding carboxylic acids is 6. The number of hydrogen-bond acceptors (Lipinski definition) is 10. The van der Waals surface area contributed by atoms with Crippen LogP contribution in [0.25, 0.3) is 11.3 Å². The van der Waals surface area contributed by atoms with Crippen molar-refractivity contribution in [3.8, 4) is 22.8 Å². The fourth-order valence-electron chi connectivity index (χ4n) is 8.30. The molecule has 4 aliphatic heterocycles. The molecule has 3 aromatic carbocycles. The highest BCUT2D eigenvalue weighted by Crippen LogP contribution is 2.40. The molecule has 0 saturated carbocycles. The predicted octanol–water partition coefficient (Wildman–Crippen LogP) is 4.33. The molecule has 56 heavy (non-hydrogen) atoms. The number of anilines is 2. The minimum atomic E-state index is -1.04. The smallest absolute Gasteiger partial charge is 0.264 e. The van der Waals surface area contributed by atoms with Crippen molar-refractivity contribution in [3.63, 3.8) is 0 Å². The van der Waals surface area contributed by atoms with E-state index in [1.54, 1.807) is 18.2 Å². The third-order valence-electron chi connectivity index (χ3n) is 11.1. The first-order chi connectivity index (χ1) is 27.2. The van der Waals surface area contributed by atoms with Crippen LogP contribution in [-0.4, -0.2) is 87.2 Å². The van der Waals surface area contributed by atoms with Crippen LogP contribution in [0.3, 0.4) is 0 Å². The van der Waals surface area contributed by atoms with E-state index in [0.29, 0.717) is 67.5 Å². The molecule has 8 rings (SSSR count). The summed E-state index contributed by atoms with van der Waals surface area (Å²) in [6.07, 6.45) is 3.34. The SMILES string of the molecule is NC(=O)c1c(-c2ccc(Oc3ccccc3)cc2)nn2c1NCC[C@H]2C1CCN(C(=O)CCCNc2cccc3c2C(=O)N(C2CCC(=O)NC2=O)C3=O)CC1. The third kappa shape index (κ3) is 6.95. The standard InChI is InChI=1S/C41H42N8O7/c42-37(52)35-36(25-11-13-27(14-12-25)56-26-6-2-1-3-7-26)46-49-30(17-21-44-38(35)49)24-18-22-47(23-19-24)33(51)10-5-20-43-29-9-4-8-28-34(29)41(55)48(40(28)54)31-15-16-32(50)45-39(31)53/h1-4,6-9,11-14,24,30-31,43-44H,5,10,15-23H2,(H2,42,52)(H,45,50,53)/t30-,31?/m0/s1. The molecular weight excluding hydrogens is 717 g/mol. The number of nitrogens with one attached hydrogen (secondary N) is 3. The number of para-hydroxylation sites is 1. The van der Waals surface area contributed by atoms with Crippen LogP contribution in [-0.2, 0) is 14.4 Å². The van der Waals surface area contributed by atoms with Crippen molar-refractivity contribution in [2.24, 2.45) is 11.7 Å². The summed E-state index contributed by atoms with van der Waals surface area (Å²) in [5, 5.41) is 13.7. The van der Waals surface area contributed by atoms with E-state index in [1.807, 2.05) is 64.2 Å². The number of imide groups is 2. The van der Waals surface area contributed by atoms with Crippen LogP contribution in [0.1, 0.15) is 82.1 Å². The Kier molecular flexibility index (Phi) is 9.98. The molecule has 6 amide bonds. The number of piperidine rings is 2. The van der Waals surface area contributed by atoms with Gasteiger partial charge in [-0.3, -0.25) is 39.0 Å². The van der Waals surface area contributed by atoms with E-state index in [0.717, 1.165) is 35.5 Å². The average Bonchev–Trinajstić information content (AvgIpc) is 3.72. The Bertz CT molecular complexity index is 2210. The van der Waals surface area contributed by atoms with Crippen molar-refractivity contribution in [3.05, 3.63) is 89.5 Å². The van der Waals surface area contributed by atoms with Crippen molar-refractivity contribution >= 4 is 46.9 Å². The minimum absolute atomic E-state index is 0.0355. The van der Waals surface area contributed by atoms with Gasteiger partial charge >= 0.3 is 0 Å². The van der Waals surface area contributed by atoms with E-state index in [9.17, 15) is 28.8 Å². The number of primary amides is 1. The summed E-state index contributed by atoms with van der Waals surface area (Å²) in [4.78, 5) is 79.5. The summed E-state index contributed by atoms with van der Waals surface area (Å²) in [6, 6.07) is 20.8. The Morgan fingerprint density at radius 3 is 2.36 bits per heavy atom. The number of likely N-dealkylation sites (tertiary alicyclic amines) is 1. The Hall–Kier alpha value is -6.51. The maximum atomic E-state index is 13.4. The lowest BCUT2D eigenvalue weighted by Crippen LogP contribution is -2.54. The molecule has 2 atom stereocenters. The molecule has 0 bridgehead atoms. The maximum Gasteiger partial charge on any atom is 0.264 e. The second kappa shape index (κ2) is 15.3. The molecule has 0 spiro atoms. The quantitative estimate of drug-likeness (QED) is 0.126. The van der Waals surface area contributed by atoms with Gasteiger partial charge in [0.25, 0.3) is 17.7 Å². The molecule has 2 fully saturated rings. The van der Waals surface area contributed by atoms with Gasteiger partial charge in [-0.1, -0.05) is 24.3 Å². The molecule has 0 radical (unpaired) electrons. The number of amides is 6. The van der Waals surface area contributed by atoms with Gasteiger partial charge in [0.2, 0.25) is 17.7 Å². The van der Waals surface area contributed by atoms with Gasteiger partial charge < -0.3 is 26.0 Å². The topological polar surface area (TPSA) is 198 Å². The van der Waals surface area contributed by atoms with Gasteiger partial charge in [0.05, 0.1) is 17.2 Å². The number of ether oxygens (including phenoxy) is 1. The molecular formula is C41H42N8O7. The van der Waals surface area contributed by atoms with Gasteiger partial charge in [0, 0.05) is 50.3 Å². The Morgan fingerprint density at radius 1 is 0.875 bits per heavy atom. The van der Waals surface area contributed by atoms with E-state index in [4.69, 9.17) is 15.6 Å². The van der Waals surface area contributed by atoms with Crippen LogP contribution in [0, 0.1) is 5.92 Å². The molecule has 288 valence electrons. The van der Waals surface area contributed by atoms with Crippen molar-refractivity contribution in [2.75, 3.05) is 36.8 Å². The van der Waals surface area contributed by atoms with Crippen LogP contribution in [0.2, 0.25) is 0 Å². The first-order valence-electron chi connectivity index (χ1n) is 19.0. The van der Waals surface area contributed by atoms with E-state index in [1.165, 1.54) is 0 Å². The van der Waals surface area contributed by atoms with Gasteiger partial charge in [-0.05, 0) is 86.6 Å². The summed E-state index contributed by atoms with van der Waals surface area (Å²) in [7, 11) is 0. The highest BCUT2D eigenvalue weighted by molar-refractivity contribution is 6.25. The highest BCUT2D eigenvalue weighted by atomic mass is 16.5. The Labute approximate surface area is 322 Å². The zero-order chi connectivity index (χ0) is 38.9. The third-order valence-corrected chi connectivity index (χ3v) is 11.1. The zero-order valence-corrected chi connectivity index (χ0v) is 30.7. The largest absolute Gasteiger partial charge is 0.457 e. The average molecular weight is 759 g/mol. The lowest BCUT2D eigenvalue weighted by atomic mass is 9.86. The second-order valence-electron chi connectivity index (χ2n) is 14.5. The lowest BCUT2D eigenvalue weighted by Gasteiger charge is -2.38. The minimum Gasteiger partial charge on any atom is -0.457 e. The summed E-state index contributed by atoms with van der Waals surface area (Å²) in [5.41, 5.74) is 8.40. The second-order valence-corrected chi connectivity index (χ2v) is 14.5. The molecule has 2 saturated heterocycles. The fourth-order valence-corrected chi connectivity index (χ4v) is 8.30. The van der Waals surface area contributed by atoms with E-state index < -0.39 is 35.6 Å². The fraction of sp³-hybridized carbons (Fsp3) is 0.341. The number of carbonyl (C=O) groups is 6. The Morgan fingerprint density at radius 2 is 1.62 bits per heavy atom. The zero-order valence-electron chi connectivity index (χ0n) is 30.7. The number of rotatable bonds is 11. The highest BCUT2D eigenvalue weighted by Gasteiger charge is 2.45. The number of fused-ring (bicyclic) bond motifs is 2. The molecule has 1 unspecified atom stereocenters. The van der Waals surface area contributed by atoms with Gasteiger partial charge in [0.1, 0.15) is 34.6 Å². The van der Waals surface area contributed by atoms with Gasteiger partial charge in [0.15, 0.2) is 0 Å². The normalized spacial score (nSPS) is 19.6. The van der Waals surface area contributed by atoms with Crippen LogP contribution >= 0.6 is 0 Å². The number of nitrogens with two attached hydrogens (primary N) is 1. The van der Waals surface area contributed by atoms with Crippen LogP contribution in [0.15, 0.2) is 72.8 Å². The molecule has 5 heterocycles. The molecule has 15 heteroatoms. The summed E-state index contributed by atoms with van der Waals surface area (Å²) < 4.78 is 7.86. The molecule has 4 aliphatic rings. The van der Waals surface area contributed by atoms with Crippen LogP contribution in [0.4, 0.5) is 11.5 Å². The van der Waals surface area contributed by atoms with Crippen LogP contribution in [0.5, 0.6) is 11.5 Å². The molecule has 5 N–H and O–H groups in total. The molecule has 1 aromatic heterocycles. The number of benzene rings is 3. The number of hydrogen-bond donors (Lipinski definition) is 4. The first kappa shape index (κ1) is 36.5. The van der Waals surface area contributed by atoms with Gasteiger partial charge in [-0.2, -0.15) is 5.10 Å². The van der Waals surface area contributed by atoms with Crippen molar-refractivity contribution in [1.82, 2.24) is 24.9 Å². The van der Waals surface area contributed by atoms with Gasteiger partial charge in [-0.15, -0.1) is 0 Å². The number of nitrogens with zero attached hydrogens (tertiary/aromatic N) is 4. The van der Waals surface area contributed by atoms with Crippen molar-refractivity contribution in [2.45, 2.75) is 57.0 Å². The summed E-state index contributed by atoms with van der Waals surface area (Å²) in [5.74, 6) is -0.495. The first-order valence-corrected chi connectivity index (χ1v) is 19.0.